The summed E-state index contributed by atoms with van der Waals surface area (Å²) >= 11 is 0. The quantitative estimate of drug-likeness (QED) is 0.719. The van der Waals surface area contributed by atoms with Crippen molar-refractivity contribution in [2.24, 2.45) is 5.92 Å². The number of nitrogens with zero attached hydrogens (tertiary/aromatic N) is 1. The molecule has 0 spiro atoms. The van der Waals surface area contributed by atoms with Crippen LogP contribution >= 0.6 is 0 Å². The summed E-state index contributed by atoms with van der Waals surface area (Å²) < 4.78 is 0. The van der Waals surface area contributed by atoms with Gasteiger partial charge in [0, 0.05) is 13.0 Å². The summed E-state index contributed by atoms with van der Waals surface area (Å²) in [5, 5.41) is 3.08. The number of rotatable bonds is 7. The fraction of sp³-hybridized carbons (Fsp3) is 0.938. The second-order valence-electron chi connectivity index (χ2n) is 6.29. The van der Waals surface area contributed by atoms with Gasteiger partial charge in [-0.05, 0) is 51.2 Å². The maximum atomic E-state index is 11.7. The van der Waals surface area contributed by atoms with Crippen LogP contribution in [0.2, 0.25) is 0 Å². The van der Waals surface area contributed by atoms with E-state index in [2.05, 4.69) is 10.2 Å². The van der Waals surface area contributed by atoms with Crippen LogP contribution in [0.1, 0.15) is 64.2 Å². The number of hydrogen-bond acceptors (Lipinski definition) is 2. The summed E-state index contributed by atoms with van der Waals surface area (Å²) in [5.74, 6) is 1.10. The van der Waals surface area contributed by atoms with E-state index >= 15 is 0 Å². The summed E-state index contributed by atoms with van der Waals surface area (Å²) in [5.41, 5.74) is 0. The summed E-state index contributed by atoms with van der Waals surface area (Å²) in [6.45, 7) is 4.54. The molecule has 2 rings (SSSR count). The van der Waals surface area contributed by atoms with Crippen molar-refractivity contribution in [3.63, 3.8) is 0 Å². The molecule has 1 aliphatic heterocycles. The average Bonchev–Trinajstić information content (AvgIpc) is 2.96. The second kappa shape index (κ2) is 8.57. The summed E-state index contributed by atoms with van der Waals surface area (Å²) in [6.07, 6.45) is 12.5. The standard InChI is InChI=1S/C16H30N2O/c19-16(10-9-15-7-2-3-8-15)17-11-6-14-18-12-4-1-5-13-18/h15H,1-14H2,(H,17,19). The molecule has 0 aromatic heterocycles. The predicted octanol–water partition coefficient (Wildman–Crippen LogP) is 2.95. The van der Waals surface area contributed by atoms with E-state index in [-0.39, 0.29) is 5.91 Å². The van der Waals surface area contributed by atoms with Gasteiger partial charge in [0.05, 0.1) is 0 Å². The minimum absolute atomic E-state index is 0.269. The SMILES string of the molecule is O=C(CCC1CCCC1)NCCCN1CCCCC1. The molecule has 2 fully saturated rings. The highest BCUT2D eigenvalue weighted by Crippen LogP contribution is 2.28. The average molecular weight is 266 g/mol. The van der Waals surface area contributed by atoms with Gasteiger partial charge in [-0.2, -0.15) is 0 Å². The monoisotopic (exact) mass is 266 g/mol. The predicted molar refractivity (Wildman–Crippen MR) is 79.1 cm³/mol. The Bertz CT molecular complexity index is 255. The van der Waals surface area contributed by atoms with E-state index < -0.39 is 0 Å². The highest BCUT2D eigenvalue weighted by molar-refractivity contribution is 5.75. The smallest absolute Gasteiger partial charge is 0.220 e. The van der Waals surface area contributed by atoms with Crippen LogP contribution in [0.4, 0.5) is 0 Å². The zero-order valence-electron chi connectivity index (χ0n) is 12.3. The third-order valence-corrected chi connectivity index (χ3v) is 4.68. The van der Waals surface area contributed by atoms with Crippen molar-refractivity contribution in [3.8, 4) is 0 Å². The molecule has 0 unspecified atom stereocenters. The van der Waals surface area contributed by atoms with Crippen molar-refractivity contribution >= 4 is 5.91 Å². The molecule has 1 heterocycles. The molecule has 1 saturated heterocycles. The van der Waals surface area contributed by atoms with Gasteiger partial charge in [0.2, 0.25) is 5.91 Å². The Morgan fingerprint density at radius 3 is 2.53 bits per heavy atom. The minimum Gasteiger partial charge on any atom is -0.356 e. The normalized spacial score (nSPS) is 21.7. The van der Waals surface area contributed by atoms with Crippen molar-refractivity contribution in [2.75, 3.05) is 26.2 Å². The molecule has 1 saturated carbocycles. The number of piperidine rings is 1. The molecule has 1 aliphatic carbocycles. The molecular weight excluding hydrogens is 236 g/mol. The third kappa shape index (κ3) is 5.94. The summed E-state index contributed by atoms with van der Waals surface area (Å²) in [6, 6.07) is 0. The van der Waals surface area contributed by atoms with Gasteiger partial charge in [-0.25, -0.2) is 0 Å². The molecular formula is C16H30N2O. The van der Waals surface area contributed by atoms with Gasteiger partial charge >= 0.3 is 0 Å². The molecule has 0 bridgehead atoms. The minimum atomic E-state index is 0.269. The van der Waals surface area contributed by atoms with Crippen LogP contribution in [0.5, 0.6) is 0 Å². The number of carbonyl (C=O) groups excluding carboxylic acids is 1. The highest BCUT2D eigenvalue weighted by Gasteiger charge is 2.16. The molecule has 3 nitrogen and oxygen atoms in total. The topological polar surface area (TPSA) is 32.3 Å². The Balaban J connectivity index is 1.44. The van der Waals surface area contributed by atoms with Gasteiger partial charge < -0.3 is 10.2 Å². The van der Waals surface area contributed by atoms with Crippen molar-refractivity contribution in [1.82, 2.24) is 10.2 Å². The van der Waals surface area contributed by atoms with E-state index in [9.17, 15) is 4.79 Å². The van der Waals surface area contributed by atoms with E-state index in [1.54, 1.807) is 0 Å². The lowest BCUT2D eigenvalue weighted by Gasteiger charge is -2.26. The fourth-order valence-corrected chi connectivity index (χ4v) is 3.44. The van der Waals surface area contributed by atoms with Gasteiger partial charge in [-0.1, -0.05) is 32.1 Å². The van der Waals surface area contributed by atoms with Gasteiger partial charge in [0.15, 0.2) is 0 Å². The lowest BCUT2D eigenvalue weighted by atomic mass is 10.0. The van der Waals surface area contributed by atoms with Crippen LogP contribution in [0, 0.1) is 5.92 Å². The number of hydrogen-bond donors (Lipinski definition) is 1. The van der Waals surface area contributed by atoms with Crippen molar-refractivity contribution in [1.29, 1.82) is 0 Å². The summed E-state index contributed by atoms with van der Waals surface area (Å²) in [4.78, 5) is 14.3. The van der Waals surface area contributed by atoms with Crippen LogP contribution < -0.4 is 5.32 Å². The van der Waals surface area contributed by atoms with E-state index in [0.29, 0.717) is 0 Å². The van der Waals surface area contributed by atoms with Gasteiger partial charge in [0.1, 0.15) is 0 Å². The van der Waals surface area contributed by atoms with Crippen molar-refractivity contribution in [2.45, 2.75) is 64.2 Å². The molecule has 1 N–H and O–H groups in total. The van der Waals surface area contributed by atoms with Crippen molar-refractivity contribution < 1.29 is 4.79 Å². The maximum Gasteiger partial charge on any atom is 0.220 e. The Kier molecular flexibility index (Phi) is 6.69. The van der Waals surface area contributed by atoms with E-state index in [1.165, 1.54) is 58.0 Å². The van der Waals surface area contributed by atoms with Crippen LogP contribution in [0.25, 0.3) is 0 Å². The van der Waals surface area contributed by atoms with Crippen LogP contribution in [-0.4, -0.2) is 37.0 Å². The second-order valence-corrected chi connectivity index (χ2v) is 6.29. The Hall–Kier alpha value is -0.570. The van der Waals surface area contributed by atoms with Gasteiger partial charge in [-0.15, -0.1) is 0 Å². The van der Waals surface area contributed by atoms with Crippen LogP contribution in [-0.2, 0) is 4.79 Å². The number of nitrogens with one attached hydrogen (secondary N) is 1. The van der Waals surface area contributed by atoms with Gasteiger partial charge in [-0.3, -0.25) is 4.79 Å². The number of carbonyl (C=O) groups is 1. The number of amides is 1. The van der Waals surface area contributed by atoms with E-state index in [0.717, 1.165) is 38.3 Å². The maximum absolute atomic E-state index is 11.7. The first kappa shape index (κ1) is 14.8. The first-order chi connectivity index (χ1) is 9.34. The Labute approximate surface area is 118 Å². The lowest BCUT2D eigenvalue weighted by Crippen LogP contribution is -2.33. The fourth-order valence-electron chi connectivity index (χ4n) is 3.44. The first-order valence-corrected chi connectivity index (χ1v) is 8.33. The molecule has 0 atom stereocenters. The molecule has 1 amide bonds. The molecule has 0 aromatic rings. The zero-order chi connectivity index (χ0) is 13.3. The number of likely N-dealkylation sites (tertiary alicyclic amines) is 1. The molecule has 110 valence electrons. The largest absolute Gasteiger partial charge is 0.356 e. The molecule has 3 heteroatoms. The third-order valence-electron chi connectivity index (χ3n) is 4.68. The zero-order valence-corrected chi connectivity index (χ0v) is 12.3. The van der Waals surface area contributed by atoms with Crippen LogP contribution in [0.3, 0.4) is 0 Å². The highest BCUT2D eigenvalue weighted by atomic mass is 16.1. The molecule has 0 radical (unpaired) electrons. The lowest BCUT2D eigenvalue weighted by molar-refractivity contribution is -0.121. The Morgan fingerprint density at radius 2 is 1.79 bits per heavy atom. The van der Waals surface area contributed by atoms with Gasteiger partial charge in [0.25, 0.3) is 0 Å². The molecule has 19 heavy (non-hydrogen) atoms. The van der Waals surface area contributed by atoms with Crippen molar-refractivity contribution in [3.05, 3.63) is 0 Å². The molecule has 2 aliphatic rings. The van der Waals surface area contributed by atoms with Crippen LogP contribution in [0.15, 0.2) is 0 Å². The molecule has 0 aromatic carbocycles. The summed E-state index contributed by atoms with van der Waals surface area (Å²) in [7, 11) is 0. The van der Waals surface area contributed by atoms with E-state index in [4.69, 9.17) is 0 Å². The first-order valence-electron chi connectivity index (χ1n) is 8.33. The Morgan fingerprint density at radius 1 is 1.05 bits per heavy atom. The van der Waals surface area contributed by atoms with E-state index in [1.807, 2.05) is 0 Å².